The van der Waals surface area contributed by atoms with Crippen LogP contribution in [0.4, 0.5) is 0 Å². The standard InChI is InChI=1S/C19H18N2O2/c1-14(22-18-7-3-16(12-20)4-8-18)11-15(2)23-19-9-5-17(13-21)6-10-19/h3-10,14-15H,11H2,1-2H3/t14-,15-/m0/s1. The summed E-state index contributed by atoms with van der Waals surface area (Å²) in [6.45, 7) is 3.97. The highest BCUT2D eigenvalue weighted by Gasteiger charge is 2.12. The van der Waals surface area contributed by atoms with Crippen LogP contribution < -0.4 is 9.47 Å². The minimum absolute atomic E-state index is 0.0173. The van der Waals surface area contributed by atoms with Crippen LogP contribution in [0, 0.1) is 22.7 Å². The summed E-state index contributed by atoms with van der Waals surface area (Å²) in [6, 6.07) is 18.3. The first-order valence-electron chi connectivity index (χ1n) is 7.44. The van der Waals surface area contributed by atoms with Crippen LogP contribution in [0.5, 0.6) is 11.5 Å². The lowest BCUT2D eigenvalue weighted by atomic mass is 10.2. The third kappa shape index (κ3) is 5.05. The molecule has 4 nitrogen and oxygen atoms in total. The Morgan fingerprint density at radius 1 is 0.739 bits per heavy atom. The van der Waals surface area contributed by atoms with Gasteiger partial charge in [0.05, 0.1) is 35.5 Å². The number of hydrogen-bond donors (Lipinski definition) is 0. The summed E-state index contributed by atoms with van der Waals surface area (Å²) in [5, 5.41) is 17.6. The molecule has 23 heavy (non-hydrogen) atoms. The second-order valence-corrected chi connectivity index (χ2v) is 5.37. The maximum Gasteiger partial charge on any atom is 0.119 e. The molecule has 0 heterocycles. The van der Waals surface area contributed by atoms with Crippen molar-refractivity contribution in [1.82, 2.24) is 0 Å². The fraction of sp³-hybridized carbons (Fsp3) is 0.263. The van der Waals surface area contributed by atoms with Crippen LogP contribution in [0.1, 0.15) is 31.4 Å². The lowest BCUT2D eigenvalue weighted by Gasteiger charge is -2.20. The van der Waals surface area contributed by atoms with Gasteiger partial charge in [0.25, 0.3) is 0 Å². The van der Waals surface area contributed by atoms with E-state index in [1.165, 1.54) is 0 Å². The van der Waals surface area contributed by atoms with E-state index >= 15 is 0 Å². The first kappa shape index (κ1) is 16.4. The Labute approximate surface area is 136 Å². The minimum atomic E-state index is -0.0173. The molecular weight excluding hydrogens is 288 g/mol. The average molecular weight is 306 g/mol. The summed E-state index contributed by atoms with van der Waals surface area (Å²) < 4.78 is 11.7. The van der Waals surface area contributed by atoms with Gasteiger partial charge in [-0.2, -0.15) is 10.5 Å². The van der Waals surface area contributed by atoms with Gasteiger partial charge in [0.1, 0.15) is 11.5 Å². The van der Waals surface area contributed by atoms with Crippen molar-refractivity contribution in [3.05, 3.63) is 59.7 Å². The van der Waals surface area contributed by atoms with Crippen molar-refractivity contribution in [2.45, 2.75) is 32.5 Å². The van der Waals surface area contributed by atoms with Crippen molar-refractivity contribution in [3.8, 4) is 23.6 Å². The summed E-state index contributed by atoms with van der Waals surface area (Å²) in [5.74, 6) is 1.48. The van der Waals surface area contributed by atoms with E-state index in [4.69, 9.17) is 20.0 Å². The molecule has 0 bridgehead atoms. The highest BCUT2D eigenvalue weighted by atomic mass is 16.5. The SMILES string of the molecule is C[C@@H](C[C@H](C)Oc1ccc(C#N)cc1)Oc1ccc(C#N)cc1. The Kier molecular flexibility index (Phi) is 5.61. The number of rotatable bonds is 6. The van der Waals surface area contributed by atoms with Crippen molar-refractivity contribution in [2.24, 2.45) is 0 Å². The molecular formula is C19H18N2O2. The van der Waals surface area contributed by atoms with Gasteiger partial charge in [0.2, 0.25) is 0 Å². The Morgan fingerprint density at radius 2 is 1.09 bits per heavy atom. The highest BCUT2D eigenvalue weighted by Crippen LogP contribution is 2.18. The van der Waals surface area contributed by atoms with Gasteiger partial charge in [-0.25, -0.2) is 0 Å². The van der Waals surface area contributed by atoms with Gasteiger partial charge in [-0.1, -0.05) is 0 Å². The van der Waals surface area contributed by atoms with Gasteiger partial charge in [-0.05, 0) is 62.4 Å². The van der Waals surface area contributed by atoms with Crippen molar-refractivity contribution in [2.75, 3.05) is 0 Å². The summed E-state index contributed by atoms with van der Waals surface area (Å²) in [6.07, 6.45) is 0.688. The predicted molar refractivity (Wildman–Crippen MR) is 87.1 cm³/mol. The Morgan fingerprint density at radius 3 is 1.39 bits per heavy atom. The minimum Gasteiger partial charge on any atom is -0.491 e. The predicted octanol–water partition coefficient (Wildman–Crippen LogP) is 4.05. The number of benzene rings is 2. The molecule has 2 aromatic rings. The number of nitriles is 2. The number of nitrogens with zero attached hydrogens (tertiary/aromatic N) is 2. The summed E-state index contributed by atoms with van der Waals surface area (Å²) in [4.78, 5) is 0. The molecule has 2 aromatic carbocycles. The van der Waals surface area contributed by atoms with Crippen molar-refractivity contribution >= 4 is 0 Å². The number of ether oxygens (including phenoxy) is 2. The average Bonchev–Trinajstić information content (AvgIpc) is 2.56. The molecule has 0 unspecified atom stereocenters. The molecule has 0 saturated heterocycles. The van der Waals surface area contributed by atoms with Crippen LogP contribution in [-0.2, 0) is 0 Å². The molecule has 2 atom stereocenters. The molecule has 0 aliphatic heterocycles. The number of hydrogen-bond acceptors (Lipinski definition) is 4. The lowest BCUT2D eigenvalue weighted by molar-refractivity contribution is 0.131. The summed E-state index contributed by atoms with van der Waals surface area (Å²) in [7, 11) is 0. The monoisotopic (exact) mass is 306 g/mol. The first-order valence-corrected chi connectivity index (χ1v) is 7.44. The second kappa shape index (κ2) is 7.87. The van der Waals surface area contributed by atoms with Gasteiger partial charge in [-0.15, -0.1) is 0 Å². The molecule has 2 rings (SSSR count). The second-order valence-electron chi connectivity index (χ2n) is 5.37. The molecule has 116 valence electrons. The van der Waals surface area contributed by atoms with Crippen LogP contribution >= 0.6 is 0 Å². The molecule has 0 N–H and O–H groups in total. The van der Waals surface area contributed by atoms with Gasteiger partial charge < -0.3 is 9.47 Å². The molecule has 4 heteroatoms. The van der Waals surface area contributed by atoms with Crippen LogP contribution in [0.2, 0.25) is 0 Å². The zero-order valence-corrected chi connectivity index (χ0v) is 13.2. The largest absolute Gasteiger partial charge is 0.491 e. The molecule has 0 aliphatic rings. The van der Waals surface area contributed by atoms with Gasteiger partial charge in [0.15, 0.2) is 0 Å². The molecule has 0 radical (unpaired) electrons. The molecule has 0 aromatic heterocycles. The fourth-order valence-corrected chi connectivity index (χ4v) is 2.24. The van der Waals surface area contributed by atoms with Gasteiger partial charge in [-0.3, -0.25) is 0 Å². The molecule has 0 fully saturated rings. The fourth-order valence-electron chi connectivity index (χ4n) is 2.24. The van der Waals surface area contributed by atoms with E-state index in [9.17, 15) is 0 Å². The van der Waals surface area contributed by atoms with Crippen molar-refractivity contribution < 1.29 is 9.47 Å². The van der Waals surface area contributed by atoms with E-state index in [0.717, 1.165) is 17.9 Å². The third-order valence-electron chi connectivity index (χ3n) is 3.31. The normalized spacial score (nSPS) is 12.5. The molecule has 0 saturated carbocycles. The maximum atomic E-state index is 8.78. The molecule has 0 spiro atoms. The maximum absolute atomic E-state index is 8.78. The van der Waals surface area contributed by atoms with E-state index in [2.05, 4.69) is 12.1 Å². The molecule has 0 aliphatic carbocycles. The van der Waals surface area contributed by atoms with E-state index < -0.39 is 0 Å². The van der Waals surface area contributed by atoms with Gasteiger partial charge >= 0.3 is 0 Å². The van der Waals surface area contributed by atoms with E-state index in [0.29, 0.717) is 11.1 Å². The van der Waals surface area contributed by atoms with E-state index in [1.807, 2.05) is 13.8 Å². The first-order chi connectivity index (χ1) is 11.1. The Balaban J connectivity index is 1.84. The van der Waals surface area contributed by atoms with Crippen LogP contribution in [0.15, 0.2) is 48.5 Å². The zero-order chi connectivity index (χ0) is 16.7. The topological polar surface area (TPSA) is 66.0 Å². The quantitative estimate of drug-likeness (QED) is 0.807. The smallest absolute Gasteiger partial charge is 0.119 e. The van der Waals surface area contributed by atoms with Crippen molar-refractivity contribution in [1.29, 1.82) is 10.5 Å². The van der Waals surface area contributed by atoms with E-state index in [1.54, 1.807) is 48.5 Å². The van der Waals surface area contributed by atoms with Crippen molar-refractivity contribution in [3.63, 3.8) is 0 Å². The summed E-state index contributed by atoms with van der Waals surface area (Å²) in [5.41, 5.74) is 1.23. The lowest BCUT2D eigenvalue weighted by Crippen LogP contribution is -2.22. The Hall–Kier alpha value is -2.98. The molecule has 0 amide bonds. The van der Waals surface area contributed by atoms with Crippen LogP contribution in [0.3, 0.4) is 0 Å². The van der Waals surface area contributed by atoms with Crippen LogP contribution in [-0.4, -0.2) is 12.2 Å². The van der Waals surface area contributed by atoms with E-state index in [-0.39, 0.29) is 12.2 Å². The van der Waals surface area contributed by atoms with Crippen LogP contribution in [0.25, 0.3) is 0 Å². The summed E-state index contributed by atoms with van der Waals surface area (Å²) >= 11 is 0. The zero-order valence-electron chi connectivity index (χ0n) is 13.2. The van der Waals surface area contributed by atoms with Gasteiger partial charge in [0, 0.05) is 6.42 Å². The third-order valence-corrected chi connectivity index (χ3v) is 3.31. The Bertz CT molecular complexity index is 646. The highest BCUT2D eigenvalue weighted by molar-refractivity contribution is 5.35.